The van der Waals surface area contributed by atoms with Crippen molar-refractivity contribution in [1.29, 1.82) is 0 Å². The lowest BCUT2D eigenvalue weighted by Gasteiger charge is -2.13. The van der Waals surface area contributed by atoms with E-state index in [1.54, 1.807) is 0 Å². The van der Waals surface area contributed by atoms with Crippen LogP contribution < -0.4 is 9.47 Å². The Morgan fingerprint density at radius 1 is 1.09 bits per heavy atom. The molecule has 0 atom stereocenters. The van der Waals surface area contributed by atoms with Crippen molar-refractivity contribution in [2.45, 2.75) is 0 Å². The highest BCUT2D eigenvalue weighted by molar-refractivity contribution is 6.20. The maximum absolute atomic E-state index is 11.8. The molecule has 0 bridgehead atoms. The van der Waals surface area contributed by atoms with Gasteiger partial charge in [-0.2, -0.15) is 0 Å². The zero-order valence-corrected chi connectivity index (χ0v) is 11.6. The first-order valence-corrected chi connectivity index (χ1v) is 6.20. The van der Waals surface area contributed by atoms with E-state index in [1.165, 1.54) is 32.4 Å². The van der Waals surface area contributed by atoms with Gasteiger partial charge in [-0.25, -0.2) is 14.4 Å². The molecule has 3 rings (SSSR count). The zero-order chi connectivity index (χ0) is 16.0. The maximum Gasteiger partial charge on any atom is 0.350 e. The van der Waals surface area contributed by atoms with E-state index in [9.17, 15) is 14.4 Å². The van der Waals surface area contributed by atoms with Crippen LogP contribution in [0.3, 0.4) is 0 Å². The van der Waals surface area contributed by atoms with E-state index in [1.807, 2.05) is 0 Å². The van der Waals surface area contributed by atoms with E-state index < -0.39 is 17.9 Å². The Kier molecular flexibility index (Phi) is 2.98. The predicted octanol–water partition coefficient (Wildman–Crippen LogP) is 1.87. The molecule has 2 aromatic rings. The Bertz CT molecular complexity index is 851. The van der Waals surface area contributed by atoms with E-state index in [4.69, 9.17) is 14.6 Å². The number of aromatic carboxylic acids is 1. The number of carboxylic acid groups (broad SMARTS) is 1. The Morgan fingerprint density at radius 3 is 2.41 bits per heavy atom. The molecule has 7 nitrogen and oxygen atoms in total. The summed E-state index contributed by atoms with van der Waals surface area (Å²) in [5.74, 6) is -2.39. The summed E-state index contributed by atoms with van der Waals surface area (Å²) in [6.07, 6.45) is 0. The topological polar surface area (TPSA) is 99.1 Å². The van der Waals surface area contributed by atoms with Crippen LogP contribution >= 0.6 is 0 Å². The van der Waals surface area contributed by atoms with Gasteiger partial charge in [0.25, 0.3) is 0 Å². The second kappa shape index (κ2) is 4.73. The average Bonchev–Trinajstić information content (AvgIpc) is 2.78. The summed E-state index contributed by atoms with van der Waals surface area (Å²) in [5, 5.41) is 9.95. The van der Waals surface area contributed by atoms with E-state index >= 15 is 0 Å². The van der Waals surface area contributed by atoms with Crippen LogP contribution in [0.4, 0.5) is 0 Å². The molecule has 7 heteroatoms. The lowest BCUT2D eigenvalue weighted by Crippen LogP contribution is -2.02. The Balaban J connectivity index is 2.48. The molecule has 1 N–H and O–H groups in total. The van der Waals surface area contributed by atoms with Gasteiger partial charge in [0.15, 0.2) is 0 Å². The number of rotatable bonds is 3. The smallest absolute Gasteiger partial charge is 0.350 e. The fourth-order valence-corrected chi connectivity index (χ4v) is 2.51. The first kappa shape index (κ1) is 13.9. The minimum atomic E-state index is -1.14. The lowest BCUT2D eigenvalue weighted by atomic mass is 9.98. The third-order valence-corrected chi connectivity index (χ3v) is 3.44. The van der Waals surface area contributed by atoms with Crippen molar-refractivity contribution in [1.82, 2.24) is 0 Å². The molecule has 0 saturated heterocycles. The van der Waals surface area contributed by atoms with Gasteiger partial charge < -0.3 is 19.3 Å². The van der Waals surface area contributed by atoms with Crippen molar-refractivity contribution >= 4 is 28.7 Å². The number of carbonyl (C=O) groups excluding carboxylic acids is 2. The number of hydrogen-bond acceptors (Lipinski definition) is 6. The summed E-state index contributed by atoms with van der Waals surface area (Å²) in [6, 6.07) is 4.09. The lowest BCUT2D eigenvalue weighted by molar-refractivity contribution is 0.0442. The van der Waals surface area contributed by atoms with Gasteiger partial charge in [-0.3, -0.25) is 0 Å². The number of cyclic esters (lactones) is 2. The number of ether oxygens (including phenoxy) is 3. The van der Waals surface area contributed by atoms with Crippen molar-refractivity contribution in [2.24, 2.45) is 0 Å². The van der Waals surface area contributed by atoms with E-state index in [0.29, 0.717) is 10.8 Å². The van der Waals surface area contributed by atoms with Crippen LogP contribution in [0.25, 0.3) is 10.8 Å². The zero-order valence-electron chi connectivity index (χ0n) is 11.6. The van der Waals surface area contributed by atoms with Crippen molar-refractivity contribution in [3.8, 4) is 11.5 Å². The largest absolute Gasteiger partial charge is 0.496 e. The van der Waals surface area contributed by atoms with Gasteiger partial charge in [0.1, 0.15) is 17.1 Å². The summed E-state index contributed by atoms with van der Waals surface area (Å²) < 4.78 is 15.0. The van der Waals surface area contributed by atoms with Crippen LogP contribution in [0.2, 0.25) is 0 Å². The first-order valence-electron chi connectivity index (χ1n) is 6.20. The minimum absolute atomic E-state index is 0.0101. The molecule has 1 heterocycles. The fraction of sp³-hybridized carbons (Fsp3) is 0.133. The van der Waals surface area contributed by atoms with Crippen LogP contribution in [-0.4, -0.2) is 37.2 Å². The van der Waals surface area contributed by atoms with Crippen LogP contribution in [-0.2, 0) is 4.74 Å². The van der Waals surface area contributed by atoms with Crippen LogP contribution in [0.15, 0.2) is 18.2 Å². The quantitative estimate of drug-likeness (QED) is 0.682. The SMILES string of the molecule is COc1cc(C(=O)O)cc2cc3c(c(OC)c12)C(=O)OC3=O. The third-order valence-electron chi connectivity index (χ3n) is 3.44. The summed E-state index contributed by atoms with van der Waals surface area (Å²) in [6.45, 7) is 0. The number of carboxylic acids is 1. The molecule has 0 unspecified atom stereocenters. The molecular weight excluding hydrogens is 292 g/mol. The monoisotopic (exact) mass is 302 g/mol. The first-order chi connectivity index (χ1) is 10.5. The highest BCUT2D eigenvalue weighted by Crippen LogP contribution is 2.41. The molecule has 2 aromatic carbocycles. The molecule has 112 valence electrons. The Hall–Kier alpha value is -3.09. The van der Waals surface area contributed by atoms with E-state index in [2.05, 4.69) is 4.74 Å². The van der Waals surface area contributed by atoms with Gasteiger partial charge in [-0.1, -0.05) is 0 Å². The third kappa shape index (κ3) is 1.79. The van der Waals surface area contributed by atoms with Crippen LogP contribution in [0.1, 0.15) is 31.1 Å². The van der Waals surface area contributed by atoms with Gasteiger partial charge in [-0.05, 0) is 23.6 Å². The number of carbonyl (C=O) groups is 3. The summed E-state index contributed by atoms with van der Waals surface area (Å²) in [5.41, 5.74) is 0.0457. The average molecular weight is 302 g/mol. The van der Waals surface area contributed by atoms with Crippen molar-refractivity contribution in [3.05, 3.63) is 34.9 Å². The molecule has 0 aliphatic carbocycles. The standard InChI is InChI=1S/C15H10O7/c1-20-9-5-7(13(16)17)3-6-4-8-11(12(21-2)10(6)9)15(19)22-14(8)18/h3-5H,1-2H3,(H,16,17). The van der Waals surface area contributed by atoms with Crippen molar-refractivity contribution in [2.75, 3.05) is 14.2 Å². The molecule has 0 spiro atoms. The Morgan fingerprint density at radius 2 is 1.82 bits per heavy atom. The van der Waals surface area contributed by atoms with Crippen LogP contribution in [0.5, 0.6) is 11.5 Å². The summed E-state index contributed by atoms with van der Waals surface area (Å²) in [4.78, 5) is 34.7. The highest BCUT2D eigenvalue weighted by Gasteiger charge is 2.35. The van der Waals surface area contributed by atoms with Crippen molar-refractivity contribution < 1.29 is 33.7 Å². The number of hydrogen-bond donors (Lipinski definition) is 1. The molecule has 0 saturated carbocycles. The molecule has 0 fully saturated rings. The van der Waals surface area contributed by atoms with Gasteiger partial charge in [0, 0.05) is 0 Å². The molecule has 1 aliphatic rings. The second-order valence-corrected chi connectivity index (χ2v) is 4.59. The molecule has 0 amide bonds. The van der Waals surface area contributed by atoms with Gasteiger partial charge in [0.05, 0.1) is 30.7 Å². The highest BCUT2D eigenvalue weighted by atomic mass is 16.6. The molecule has 22 heavy (non-hydrogen) atoms. The number of esters is 2. The van der Waals surface area contributed by atoms with E-state index in [0.717, 1.165) is 0 Å². The molecule has 0 radical (unpaired) electrons. The number of fused-ring (bicyclic) bond motifs is 2. The molecule has 0 aromatic heterocycles. The van der Waals surface area contributed by atoms with Gasteiger partial charge >= 0.3 is 17.9 Å². The second-order valence-electron chi connectivity index (χ2n) is 4.59. The summed E-state index contributed by atoms with van der Waals surface area (Å²) >= 11 is 0. The number of methoxy groups -OCH3 is 2. The number of benzene rings is 2. The van der Waals surface area contributed by atoms with E-state index in [-0.39, 0.29) is 28.2 Å². The molecular formula is C15H10O7. The fourth-order valence-electron chi connectivity index (χ4n) is 2.51. The minimum Gasteiger partial charge on any atom is -0.496 e. The predicted molar refractivity (Wildman–Crippen MR) is 73.8 cm³/mol. The van der Waals surface area contributed by atoms with Crippen LogP contribution in [0, 0.1) is 0 Å². The van der Waals surface area contributed by atoms with Gasteiger partial charge in [0.2, 0.25) is 0 Å². The molecule has 1 aliphatic heterocycles. The van der Waals surface area contributed by atoms with Crippen molar-refractivity contribution in [3.63, 3.8) is 0 Å². The normalized spacial score (nSPS) is 13.0. The Labute approximate surface area is 124 Å². The maximum atomic E-state index is 11.8. The van der Waals surface area contributed by atoms with Gasteiger partial charge in [-0.15, -0.1) is 0 Å². The summed E-state index contributed by atoms with van der Waals surface area (Å²) in [7, 11) is 2.71.